The van der Waals surface area contributed by atoms with Gasteiger partial charge in [0.2, 0.25) is 0 Å². The largest absolute Gasteiger partial charge is 0.406 e. The van der Waals surface area contributed by atoms with Crippen LogP contribution >= 0.6 is 0 Å². The van der Waals surface area contributed by atoms with Crippen molar-refractivity contribution >= 4 is 0 Å². The van der Waals surface area contributed by atoms with Crippen LogP contribution in [0.3, 0.4) is 0 Å². The topological polar surface area (TPSA) is 12.0 Å². The molecule has 0 saturated heterocycles. The minimum atomic E-state index is -4.18. The van der Waals surface area contributed by atoms with Crippen molar-refractivity contribution in [2.45, 2.75) is 52.3 Å². The lowest BCUT2D eigenvalue weighted by molar-refractivity contribution is -0.204. The summed E-state index contributed by atoms with van der Waals surface area (Å²) in [5.41, 5.74) is -1.73. The number of halogens is 3. The van der Waals surface area contributed by atoms with Crippen molar-refractivity contribution in [2.75, 3.05) is 7.05 Å². The zero-order valence-electron chi connectivity index (χ0n) is 10.2. The van der Waals surface area contributed by atoms with E-state index < -0.39 is 11.7 Å². The maximum Gasteiger partial charge on any atom is 0.406 e. The Morgan fingerprint density at radius 2 is 1.27 bits per heavy atom. The van der Waals surface area contributed by atoms with E-state index in [4.69, 9.17) is 0 Å². The van der Waals surface area contributed by atoms with Crippen molar-refractivity contribution in [2.24, 2.45) is 11.8 Å². The molecule has 0 saturated carbocycles. The highest BCUT2D eigenvalue weighted by molar-refractivity contribution is 4.95. The Balaban J connectivity index is 4.93. The molecule has 0 aromatic heterocycles. The Labute approximate surface area is 90.4 Å². The zero-order valence-corrected chi connectivity index (χ0v) is 10.2. The highest BCUT2D eigenvalue weighted by Gasteiger charge is 2.53. The third-order valence-corrected chi connectivity index (χ3v) is 2.53. The molecule has 92 valence electrons. The van der Waals surface area contributed by atoms with Gasteiger partial charge in [-0.05, 0) is 31.7 Å². The summed E-state index contributed by atoms with van der Waals surface area (Å²) in [6.07, 6.45) is -3.92. The van der Waals surface area contributed by atoms with Crippen LogP contribution in [0, 0.1) is 11.8 Å². The highest BCUT2D eigenvalue weighted by Crippen LogP contribution is 2.39. The van der Waals surface area contributed by atoms with Crippen LogP contribution in [0.15, 0.2) is 0 Å². The Bertz CT molecular complexity index is 175. The van der Waals surface area contributed by atoms with Gasteiger partial charge >= 0.3 is 6.18 Å². The summed E-state index contributed by atoms with van der Waals surface area (Å²) in [7, 11) is 1.40. The van der Waals surface area contributed by atoms with Gasteiger partial charge in [0.15, 0.2) is 0 Å². The van der Waals surface area contributed by atoms with E-state index in [9.17, 15) is 13.2 Å². The van der Waals surface area contributed by atoms with Crippen LogP contribution < -0.4 is 5.32 Å². The van der Waals surface area contributed by atoms with E-state index in [1.807, 2.05) is 27.7 Å². The van der Waals surface area contributed by atoms with Gasteiger partial charge in [-0.2, -0.15) is 13.2 Å². The molecule has 0 radical (unpaired) electrons. The van der Waals surface area contributed by atoms with Gasteiger partial charge in [0.25, 0.3) is 0 Å². The minimum Gasteiger partial charge on any atom is -0.307 e. The van der Waals surface area contributed by atoms with Gasteiger partial charge in [0.1, 0.15) is 5.54 Å². The Morgan fingerprint density at radius 3 is 1.40 bits per heavy atom. The van der Waals surface area contributed by atoms with Crippen molar-refractivity contribution in [3.8, 4) is 0 Å². The first kappa shape index (κ1) is 14.8. The van der Waals surface area contributed by atoms with Crippen molar-refractivity contribution in [1.29, 1.82) is 0 Å². The average molecular weight is 225 g/mol. The fraction of sp³-hybridized carbons (Fsp3) is 1.00. The Hall–Kier alpha value is -0.250. The van der Waals surface area contributed by atoms with E-state index in [-0.39, 0.29) is 24.7 Å². The average Bonchev–Trinajstić information content (AvgIpc) is 1.98. The summed E-state index contributed by atoms with van der Waals surface area (Å²) in [5, 5.41) is 2.49. The van der Waals surface area contributed by atoms with Gasteiger partial charge in [0.05, 0.1) is 0 Å². The van der Waals surface area contributed by atoms with Crippen LogP contribution in [0.4, 0.5) is 13.2 Å². The second-order valence-corrected chi connectivity index (χ2v) is 5.03. The standard InChI is InChI=1S/C11H22F3N/c1-8(2)6-10(15-5,7-9(3)4)11(12,13)14/h8-9,15H,6-7H2,1-5H3. The molecule has 0 fully saturated rings. The summed E-state index contributed by atoms with van der Waals surface area (Å²) in [5.74, 6) is 0.0515. The second kappa shape index (κ2) is 5.19. The van der Waals surface area contributed by atoms with Crippen molar-refractivity contribution in [3.63, 3.8) is 0 Å². The van der Waals surface area contributed by atoms with E-state index in [2.05, 4.69) is 5.32 Å². The van der Waals surface area contributed by atoms with Crippen LogP contribution in [-0.4, -0.2) is 18.8 Å². The van der Waals surface area contributed by atoms with Gasteiger partial charge < -0.3 is 5.32 Å². The molecule has 0 aromatic rings. The molecular weight excluding hydrogens is 203 g/mol. The first-order valence-corrected chi connectivity index (χ1v) is 5.40. The molecule has 0 spiro atoms. The molecule has 0 heterocycles. The van der Waals surface area contributed by atoms with Gasteiger partial charge in [-0.1, -0.05) is 27.7 Å². The maximum atomic E-state index is 13.0. The van der Waals surface area contributed by atoms with Gasteiger partial charge in [-0.3, -0.25) is 0 Å². The molecule has 4 heteroatoms. The van der Waals surface area contributed by atoms with Crippen LogP contribution in [-0.2, 0) is 0 Å². The Morgan fingerprint density at radius 1 is 0.933 bits per heavy atom. The van der Waals surface area contributed by atoms with E-state index in [1.165, 1.54) is 7.05 Å². The minimum absolute atomic E-state index is 0.0258. The van der Waals surface area contributed by atoms with Crippen LogP contribution in [0.1, 0.15) is 40.5 Å². The molecule has 0 aliphatic rings. The lowest BCUT2D eigenvalue weighted by Gasteiger charge is -2.38. The van der Waals surface area contributed by atoms with Crippen LogP contribution in [0.25, 0.3) is 0 Å². The highest BCUT2D eigenvalue weighted by atomic mass is 19.4. The monoisotopic (exact) mass is 225 g/mol. The molecular formula is C11H22F3N. The molecule has 0 atom stereocenters. The van der Waals surface area contributed by atoms with E-state index in [0.717, 1.165) is 0 Å². The molecule has 0 aliphatic heterocycles. The summed E-state index contributed by atoms with van der Waals surface area (Å²) in [6.45, 7) is 7.27. The zero-order chi connectivity index (χ0) is 12.3. The third kappa shape index (κ3) is 4.01. The van der Waals surface area contributed by atoms with Gasteiger partial charge in [-0.25, -0.2) is 0 Å². The molecule has 0 rings (SSSR count). The second-order valence-electron chi connectivity index (χ2n) is 5.03. The van der Waals surface area contributed by atoms with Crippen molar-refractivity contribution in [1.82, 2.24) is 5.32 Å². The predicted octanol–water partition coefficient (Wildman–Crippen LogP) is 3.60. The first-order chi connectivity index (χ1) is 6.64. The van der Waals surface area contributed by atoms with Crippen molar-refractivity contribution in [3.05, 3.63) is 0 Å². The van der Waals surface area contributed by atoms with Crippen molar-refractivity contribution < 1.29 is 13.2 Å². The fourth-order valence-electron chi connectivity index (χ4n) is 2.05. The number of alkyl halides is 3. The van der Waals surface area contributed by atoms with Gasteiger partial charge in [0, 0.05) is 0 Å². The number of nitrogens with one attached hydrogen (secondary N) is 1. The number of hydrogen-bond donors (Lipinski definition) is 1. The van der Waals surface area contributed by atoms with E-state index >= 15 is 0 Å². The molecule has 0 bridgehead atoms. The molecule has 0 aliphatic carbocycles. The molecule has 0 unspecified atom stereocenters. The maximum absolute atomic E-state index is 13.0. The number of hydrogen-bond acceptors (Lipinski definition) is 1. The van der Waals surface area contributed by atoms with E-state index in [0.29, 0.717) is 0 Å². The van der Waals surface area contributed by atoms with Crippen LogP contribution in [0.5, 0.6) is 0 Å². The normalized spacial score (nSPS) is 14.0. The lowest BCUT2D eigenvalue weighted by Crippen LogP contribution is -2.56. The summed E-state index contributed by atoms with van der Waals surface area (Å²) in [6, 6.07) is 0. The van der Waals surface area contributed by atoms with Gasteiger partial charge in [-0.15, -0.1) is 0 Å². The smallest absolute Gasteiger partial charge is 0.307 e. The predicted molar refractivity (Wildman–Crippen MR) is 56.8 cm³/mol. The summed E-state index contributed by atoms with van der Waals surface area (Å²) < 4.78 is 39.1. The molecule has 1 N–H and O–H groups in total. The summed E-state index contributed by atoms with van der Waals surface area (Å²) in [4.78, 5) is 0. The molecule has 15 heavy (non-hydrogen) atoms. The van der Waals surface area contributed by atoms with E-state index in [1.54, 1.807) is 0 Å². The molecule has 0 aromatic carbocycles. The quantitative estimate of drug-likeness (QED) is 0.753. The lowest BCUT2D eigenvalue weighted by atomic mass is 9.81. The number of rotatable bonds is 5. The molecule has 0 amide bonds. The Kier molecular flexibility index (Phi) is 5.10. The SMILES string of the molecule is CNC(CC(C)C)(CC(C)C)C(F)(F)F. The van der Waals surface area contributed by atoms with Crippen LogP contribution in [0.2, 0.25) is 0 Å². The first-order valence-electron chi connectivity index (χ1n) is 5.40. The molecule has 1 nitrogen and oxygen atoms in total. The summed E-state index contributed by atoms with van der Waals surface area (Å²) >= 11 is 0. The third-order valence-electron chi connectivity index (χ3n) is 2.53. The fourth-order valence-corrected chi connectivity index (χ4v) is 2.05.